The molecule has 4 rings (SSSR count). The fourth-order valence-corrected chi connectivity index (χ4v) is 3.21. The third kappa shape index (κ3) is 3.86. The van der Waals surface area contributed by atoms with Gasteiger partial charge in [0.2, 0.25) is 0 Å². The van der Waals surface area contributed by atoms with Crippen molar-refractivity contribution in [3.63, 3.8) is 0 Å². The predicted molar refractivity (Wildman–Crippen MR) is 109 cm³/mol. The molecule has 2 heterocycles. The Balaban J connectivity index is 0.00000225. The molecule has 7 heteroatoms. The van der Waals surface area contributed by atoms with Gasteiger partial charge in [0, 0.05) is 5.56 Å². The van der Waals surface area contributed by atoms with Crippen molar-refractivity contribution in [2.75, 3.05) is 0 Å². The Morgan fingerprint density at radius 2 is 1.79 bits per heavy atom. The normalized spacial score (nSPS) is 14.9. The van der Waals surface area contributed by atoms with E-state index in [4.69, 9.17) is 27.6 Å². The van der Waals surface area contributed by atoms with Gasteiger partial charge in [-0.3, -0.25) is 14.4 Å². The first-order valence-corrected chi connectivity index (χ1v) is 9.03. The summed E-state index contributed by atoms with van der Waals surface area (Å²) < 4.78 is 5.41. The van der Waals surface area contributed by atoms with Gasteiger partial charge in [0.25, 0.3) is 5.91 Å². The van der Waals surface area contributed by atoms with Crippen LogP contribution >= 0.6 is 23.2 Å². The molecule has 0 fully saturated rings. The third-order valence-corrected chi connectivity index (χ3v) is 4.98. The standard InChI is InChI=1S/C21H14Cl2N2O2.FH/c22-17-10-4-8-15(19(17)23)12-18-21(26)25(13-16-9-5-11-27-16)20(24-18)14-6-2-1-3-7-14;/h1-12H,13H2;1H/b18-12-;. The second-order valence-corrected chi connectivity index (χ2v) is 6.73. The molecule has 28 heavy (non-hydrogen) atoms. The van der Waals surface area contributed by atoms with Crippen LogP contribution in [0, 0.1) is 0 Å². The lowest BCUT2D eigenvalue weighted by Gasteiger charge is -2.17. The van der Waals surface area contributed by atoms with Crippen molar-refractivity contribution in [2.45, 2.75) is 6.54 Å². The zero-order valence-corrected chi connectivity index (χ0v) is 16.0. The van der Waals surface area contributed by atoms with Gasteiger partial charge in [0.05, 0.1) is 22.9 Å². The van der Waals surface area contributed by atoms with Crippen LogP contribution in [0.15, 0.2) is 82.0 Å². The summed E-state index contributed by atoms with van der Waals surface area (Å²) in [5, 5.41) is 0.816. The van der Waals surface area contributed by atoms with Crippen LogP contribution in [0.2, 0.25) is 10.0 Å². The zero-order valence-electron chi connectivity index (χ0n) is 14.5. The first kappa shape index (κ1) is 19.9. The minimum absolute atomic E-state index is 0. The number of nitrogens with zero attached hydrogens (tertiary/aromatic N) is 2. The van der Waals surface area contributed by atoms with E-state index < -0.39 is 0 Å². The lowest BCUT2D eigenvalue weighted by Crippen LogP contribution is -2.32. The maximum absolute atomic E-state index is 13.0. The summed E-state index contributed by atoms with van der Waals surface area (Å²) in [6, 6.07) is 18.4. The number of hydrogen-bond acceptors (Lipinski definition) is 3. The number of carbonyl (C=O) groups is 1. The van der Waals surface area contributed by atoms with Crippen LogP contribution in [0.5, 0.6) is 0 Å². The van der Waals surface area contributed by atoms with Crippen LogP contribution < -0.4 is 0 Å². The third-order valence-electron chi connectivity index (χ3n) is 4.15. The van der Waals surface area contributed by atoms with Crippen LogP contribution in [-0.2, 0) is 11.3 Å². The van der Waals surface area contributed by atoms with Gasteiger partial charge < -0.3 is 4.42 Å². The average molecular weight is 417 g/mol. The molecule has 1 aliphatic heterocycles. The van der Waals surface area contributed by atoms with Crippen LogP contribution in [-0.4, -0.2) is 16.6 Å². The highest BCUT2D eigenvalue weighted by Crippen LogP contribution is 2.30. The summed E-state index contributed by atoms with van der Waals surface area (Å²) >= 11 is 12.3. The molecule has 3 aromatic rings. The van der Waals surface area contributed by atoms with Crippen LogP contribution in [0.4, 0.5) is 4.70 Å². The van der Waals surface area contributed by atoms with E-state index in [0.717, 1.165) is 5.56 Å². The van der Waals surface area contributed by atoms with Crippen molar-refractivity contribution < 1.29 is 13.9 Å². The lowest BCUT2D eigenvalue weighted by molar-refractivity contribution is -0.123. The van der Waals surface area contributed by atoms with Crippen LogP contribution in [0.1, 0.15) is 16.9 Å². The Kier molecular flexibility index (Phi) is 5.97. The number of halogens is 3. The molecule has 0 saturated heterocycles. The quantitative estimate of drug-likeness (QED) is 0.521. The molecular formula is C21H15Cl2FN2O2. The van der Waals surface area contributed by atoms with Gasteiger partial charge in [-0.1, -0.05) is 65.7 Å². The Morgan fingerprint density at radius 3 is 2.50 bits per heavy atom. The smallest absolute Gasteiger partial charge is 0.278 e. The molecule has 0 spiro atoms. The number of amidine groups is 1. The highest BCUT2D eigenvalue weighted by atomic mass is 35.5. The Bertz CT molecular complexity index is 1050. The molecule has 0 atom stereocenters. The summed E-state index contributed by atoms with van der Waals surface area (Å²) in [5.74, 6) is 1.02. The second kappa shape index (κ2) is 8.42. The van der Waals surface area contributed by atoms with Gasteiger partial charge >= 0.3 is 0 Å². The van der Waals surface area contributed by atoms with E-state index in [1.807, 2.05) is 36.4 Å². The molecule has 4 nitrogen and oxygen atoms in total. The van der Waals surface area contributed by atoms with Gasteiger partial charge in [-0.05, 0) is 29.8 Å². The lowest BCUT2D eigenvalue weighted by atomic mass is 10.2. The van der Waals surface area contributed by atoms with Crippen molar-refractivity contribution in [3.05, 3.63) is 99.6 Å². The van der Waals surface area contributed by atoms with Gasteiger partial charge in [-0.2, -0.15) is 0 Å². The van der Waals surface area contributed by atoms with E-state index in [2.05, 4.69) is 4.99 Å². The maximum atomic E-state index is 13.0. The molecule has 0 radical (unpaired) electrons. The molecule has 2 aromatic carbocycles. The molecule has 142 valence electrons. The largest absolute Gasteiger partial charge is 0.467 e. The fourth-order valence-electron chi connectivity index (χ4n) is 2.84. The summed E-state index contributed by atoms with van der Waals surface area (Å²) in [5.41, 5.74) is 1.78. The molecule has 0 unspecified atom stereocenters. The Hall–Kier alpha value is -2.89. The Morgan fingerprint density at radius 1 is 1.00 bits per heavy atom. The second-order valence-electron chi connectivity index (χ2n) is 5.94. The van der Waals surface area contributed by atoms with E-state index >= 15 is 0 Å². The van der Waals surface area contributed by atoms with Gasteiger partial charge in [-0.25, -0.2) is 4.99 Å². The minimum Gasteiger partial charge on any atom is -0.467 e. The first-order valence-electron chi connectivity index (χ1n) is 8.27. The van der Waals surface area contributed by atoms with Crippen LogP contribution in [0.3, 0.4) is 0 Å². The topological polar surface area (TPSA) is 45.8 Å². The van der Waals surface area contributed by atoms with E-state index in [1.54, 1.807) is 41.5 Å². The number of benzene rings is 2. The number of rotatable bonds is 4. The minimum atomic E-state index is -0.221. The SMILES string of the molecule is F.O=C1/C(=C/c2cccc(Cl)c2Cl)N=C(c2ccccc2)N1Cc1ccco1. The molecule has 0 N–H and O–H groups in total. The molecule has 0 aliphatic carbocycles. The van der Waals surface area contributed by atoms with Crippen molar-refractivity contribution in [1.82, 2.24) is 4.90 Å². The zero-order chi connectivity index (χ0) is 18.8. The predicted octanol–water partition coefficient (Wildman–Crippen LogP) is 5.57. The van der Waals surface area contributed by atoms with E-state index in [0.29, 0.717) is 39.4 Å². The molecular weight excluding hydrogens is 402 g/mol. The van der Waals surface area contributed by atoms with E-state index in [1.165, 1.54) is 0 Å². The molecule has 1 amide bonds. The van der Waals surface area contributed by atoms with E-state index in [9.17, 15) is 4.79 Å². The van der Waals surface area contributed by atoms with Gasteiger partial charge in [0.1, 0.15) is 17.3 Å². The molecule has 1 aliphatic rings. The van der Waals surface area contributed by atoms with Crippen molar-refractivity contribution >= 4 is 41.0 Å². The van der Waals surface area contributed by atoms with Crippen molar-refractivity contribution in [2.24, 2.45) is 4.99 Å². The molecule has 0 bridgehead atoms. The monoisotopic (exact) mass is 416 g/mol. The Labute approximate surface area is 171 Å². The van der Waals surface area contributed by atoms with Crippen LogP contribution in [0.25, 0.3) is 6.08 Å². The average Bonchev–Trinajstić information content (AvgIpc) is 3.30. The summed E-state index contributed by atoms with van der Waals surface area (Å²) in [7, 11) is 0. The number of hydrogen-bond donors (Lipinski definition) is 0. The summed E-state index contributed by atoms with van der Waals surface area (Å²) in [6.07, 6.45) is 3.24. The van der Waals surface area contributed by atoms with Gasteiger partial charge in [-0.15, -0.1) is 0 Å². The van der Waals surface area contributed by atoms with Crippen molar-refractivity contribution in [1.29, 1.82) is 0 Å². The highest BCUT2D eigenvalue weighted by Gasteiger charge is 2.31. The highest BCUT2D eigenvalue weighted by molar-refractivity contribution is 6.43. The molecule has 1 aromatic heterocycles. The van der Waals surface area contributed by atoms with E-state index in [-0.39, 0.29) is 10.6 Å². The van der Waals surface area contributed by atoms with Crippen molar-refractivity contribution in [3.8, 4) is 0 Å². The van der Waals surface area contributed by atoms with Gasteiger partial charge in [0.15, 0.2) is 0 Å². The fraction of sp³-hybridized carbons (Fsp3) is 0.0476. The number of carbonyl (C=O) groups excluding carboxylic acids is 1. The molecule has 0 saturated carbocycles. The summed E-state index contributed by atoms with van der Waals surface area (Å²) in [4.78, 5) is 19.2. The number of furan rings is 1. The number of aliphatic imine (C=N–C) groups is 1. The summed E-state index contributed by atoms with van der Waals surface area (Å²) in [6.45, 7) is 0.292. The number of amides is 1. The maximum Gasteiger partial charge on any atom is 0.278 e. The first-order chi connectivity index (χ1) is 13.1.